The molecular weight excluding hydrogens is 460 g/mol. The quantitative estimate of drug-likeness (QED) is 0.442. The summed E-state index contributed by atoms with van der Waals surface area (Å²) in [5.74, 6) is 2.08. The highest BCUT2D eigenvalue weighted by molar-refractivity contribution is 9.10. The van der Waals surface area contributed by atoms with Crippen molar-refractivity contribution in [3.05, 3.63) is 47.2 Å². The molecule has 1 N–H and O–H groups in total. The van der Waals surface area contributed by atoms with Crippen LogP contribution in [0.1, 0.15) is 12.8 Å². The molecule has 7 nitrogen and oxygen atoms in total. The summed E-state index contributed by atoms with van der Waals surface area (Å²) in [5, 5.41) is 4.25. The van der Waals surface area contributed by atoms with Gasteiger partial charge < -0.3 is 24.4 Å². The highest BCUT2D eigenvalue weighted by Crippen LogP contribution is 2.35. The fraction of sp³-hybridized carbons (Fsp3) is 0.391. The number of nitrogens with zero attached hydrogens (tertiary/aromatic N) is 3. The molecule has 1 aliphatic heterocycles. The number of methoxy groups -OCH3 is 2. The van der Waals surface area contributed by atoms with E-state index < -0.39 is 0 Å². The van der Waals surface area contributed by atoms with Gasteiger partial charge in [-0.05, 0) is 37.1 Å². The average molecular weight is 487 g/mol. The van der Waals surface area contributed by atoms with Crippen molar-refractivity contribution in [1.29, 1.82) is 0 Å². The molecule has 0 aliphatic carbocycles. The summed E-state index contributed by atoms with van der Waals surface area (Å²) in [6, 6.07) is 11.8. The van der Waals surface area contributed by atoms with E-state index in [4.69, 9.17) is 14.2 Å². The maximum atomic E-state index is 6.10. The van der Waals surface area contributed by atoms with Crippen LogP contribution < -0.4 is 14.8 Å². The van der Waals surface area contributed by atoms with Crippen molar-refractivity contribution in [2.75, 3.05) is 45.8 Å². The third-order valence-electron chi connectivity index (χ3n) is 5.45. The van der Waals surface area contributed by atoms with Crippen LogP contribution in [0, 0.1) is 0 Å². The molecule has 8 heteroatoms. The minimum absolute atomic E-state index is 0.359. The van der Waals surface area contributed by atoms with Gasteiger partial charge in [0.15, 0.2) is 11.5 Å². The summed E-state index contributed by atoms with van der Waals surface area (Å²) in [6.45, 7) is 3.68. The number of aromatic nitrogens is 2. The topological polar surface area (TPSA) is 68.7 Å². The van der Waals surface area contributed by atoms with Crippen molar-refractivity contribution in [2.45, 2.75) is 18.9 Å². The summed E-state index contributed by atoms with van der Waals surface area (Å²) in [5.41, 5.74) is 1.73. The van der Waals surface area contributed by atoms with Crippen molar-refractivity contribution in [1.82, 2.24) is 14.9 Å². The molecule has 0 spiro atoms. The predicted molar refractivity (Wildman–Crippen MR) is 125 cm³/mol. The molecule has 4 rings (SSSR count). The van der Waals surface area contributed by atoms with Crippen LogP contribution in [-0.4, -0.2) is 61.4 Å². The van der Waals surface area contributed by atoms with Gasteiger partial charge in [-0.25, -0.2) is 9.97 Å². The fourth-order valence-corrected chi connectivity index (χ4v) is 4.20. The molecule has 0 saturated carbocycles. The maximum Gasteiger partial charge on any atom is 0.162 e. The van der Waals surface area contributed by atoms with Gasteiger partial charge in [0.05, 0.1) is 25.3 Å². The normalized spacial score (nSPS) is 16.5. The molecule has 0 radical (unpaired) electrons. The molecule has 164 valence electrons. The first-order valence-electron chi connectivity index (χ1n) is 10.4. The van der Waals surface area contributed by atoms with Crippen LogP contribution in [0.2, 0.25) is 0 Å². The standard InChI is InChI=1S/C23H27BrN4O3/c1-29-18-7-9-28(14-18)8-4-10-31-22-12-19-20(13-21(22)30-2)25-15-26-23(19)27-17-6-3-5-16(24)11-17/h3,5-6,11-13,15,18H,4,7-10,14H2,1-2H3,(H,25,26,27)/t18-/m1/s1. The molecule has 2 aromatic carbocycles. The van der Waals surface area contributed by atoms with Crippen LogP contribution in [0.5, 0.6) is 11.5 Å². The number of rotatable bonds is 9. The first-order chi connectivity index (χ1) is 15.2. The van der Waals surface area contributed by atoms with Gasteiger partial charge in [0.25, 0.3) is 0 Å². The summed E-state index contributed by atoms with van der Waals surface area (Å²) >= 11 is 3.50. The largest absolute Gasteiger partial charge is 0.493 e. The molecule has 1 atom stereocenters. The van der Waals surface area contributed by atoms with Crippen molar-refractivity contribution in [3.8, 4) is 11.5 Å². The van der Waals surface area contributed by atoms with E-state index in [0.717, 1.165) is 59.4 Å². The van der Waals surface area contributed by atoms with E-state index in [1.165, 1.54) is 0 Å². The van der Waals surface area contributed by atoms with Crippen molar-refractivity contribution in [3.63, 3.8) is 0 Å². The predicted octanol–water partition coefficient (Wildman–Crippen LogP) is 4.63. The van der Waals surface area contributed by atoms with E-state index in [1.807, 2.05) is 36.4 Å². The zero-order valence-corrected chi connectivity index (χ0v) is 19.4. The second-order valence-electron chi connectivity index (χ2n) is 7.53. The smallest absolute Gasteiger partial charge is 0.162 e. The third kappa shape index (κ3) is 5.44. The fourth-order valence-electron chi connectivity index (χ4n) is 3.80. The molecule has 0 amide bonds. The molecule has 1 aliphatic rings. The van der Waals surface area contributed by atoms with Crippen molar-refractivity contribution in [2.24, 2.45) is 0 Å². The molecule has 31 heavy (non-hydrogen) atoms. The van der Waals surface area contributed by atoms with E-state index in [0.29, 0.717) is 24.2 Å². The third-order valence-corrected chi connectivity index (χ3v) is 5.94. The molecule has 1 fully saturated rings. The molecule has 1 aromatic heterocycles. The SMILES string of the molecule is COc1cc2ncnc(Nc3cccc(Br)c3)c2cc1OCCCN1CC[C@@H](OC)C1. The maximum absolute atomic E-state index is 6.10. The van der Waals surface area contributed by atoms with Crippen LogP contribution in [0.4, 0.5) is 11.5 Å². The second kappa shape index (κ2) is 10.3. The monoisotopic (exact) mass is 486 g/mol. The van der Waals surface area contributed by atoms with Crippen molar-refractivity contribution < 1.29 is 14.2 Å². The Morgan fingerprint density at radius 1 is 1.16 bits per heavy atom. The summed E-state index contributed by atoms with van der Waals surface area (Å²) in [4.78, 5) is 11.3. The van der Waals surface area contributed by atoms with Gasteiger partial charge in [-0.2, -0.15) is 0 Å². The number of ether oxygens (including phenoxy) is 3. The number of hydrogen-bond donors (Lipinski definition) is 1. The van der Waals surface area contributed by atoms with Gasteiger partial charge in [-0.3, -0.25) is 0 Å². The lowest BCUT2D eigenvalue weighted by Crippen LogP contribution is -2.25. The second-order valence-corrected chi connectivity index (χ2v) is 8.44. The zero-order chi connectivity index (χ0) is 21.6. The van der Waals surface area contributed by atoms with E-state index in [-0.39, 0.29) is 0 Å². The highest BCUT2D eigenvalue weighted by Gasteiger charge is 2.21. The Morgan fingerprint density at radius 3 is 2.84 bits per heavy atom. The Hall–Kier alpha value is -2.42. The van der Waals surface area contributed by atoms with E-state index in [9.17, 15) is 0 Å². The highest BCUT2D eigenvalue weighted by atomic mass is 79.9. The van der Waals surface area contributed by atoms with Gasteiger partial charge >= 0.3 is 0 Å². The minimum atomic E-state index is 0.359. The molecule has 0 unspecified atom stereocenters. The minimum Gasteiger partial charge on any atom is -0.493 e. The Kier molecular flexibility index (Phi) is 7.21. The first-order valence-corrected chi connectivity index (χ1v) is 11.2. The Morgan fingerprint density at radius 2 is 2.06 bits per heavy atom. The molecular formula is C23H27BrN4O3. The zero-order valence-electron chi connectivity index (χ0n) is 17.8. The lowest BCUT2D eigenvalue weighted by molar-refractivity contribution is 0.107. The lowest BCUT2D eigenvalue weighted by atomic mass is 10.2. The number of nitrogens with one attached hydrogen (secondary N) is 1. The Bertz CT molecular complexity index is 1030. The van der Waals surface area contributed by atoms with E-state index in [1.54, 1.807) is 20.5 Å². The number of halogens is 1. The molecule has 3 aromatic rings. The van der Waals surface area contributed by atoms with Crippen LogP contribution in [0.3, 0.4) is 0 Å². The van der Waals surface area contributed by atoms with Crippen LogP contribution in [0.15, 0.2) is 47.2 Å². The molecule has 0 bridgehead atoms. The van der Waals surface area contributed by atoms with Crippen molar-refractivity contribution >= 4 is 38.3 Å². The van der Waals surface area contributed by atoms with Gasteiger partial charge in [0, 0.05) is 48.4 Å². The van der Waals surface area contributed by atoms with E-state index in [2.05, 4.69) is 36.1 Å². The Labute approximate surface area is 190 Å². The van der Waals surface area contributed by atoms with Crippen LogP contribution in [-0.2, 0) is 4.74 Å². The van der Waals surface area contributed by atoms with Crippen LogP contribution >= 0.6 is 15.9 Å². The van der Waals surface area contributed by atoms with Gasteiger partial charge in [0.2, 0.25) is 0 Å². The number of hydrogen-bond acceptors (Lipinski definition) is 7. The number of benzene rings is 2. The average Bonchev–Trinajstić information content (AvgIpc) is 3.24. The number of likely N-dealkylation sites (tertiary alicyclic amines) is 1. The van der Waals surface area contributed by atoms with Gasteiger partial charge in [-0.1, -0.05) is 22.0 Å². The first kappa shape index (κ1) is 21.8. The molecule has 2 heterocycles. The summed E-state index contributed by atoms with van der Waals surface area (Å²) in [6.07, 6.45) is 3.94. The van der Waals surface area contributed by atoms with Gasteiger partial charge in [0.1, 0.15) is 12.1 Å². The summed E-state index contributed by atoms with van der Waals surface area (Å²) < 4.78 is 18.1. The Balaban J connectivity index is 1.47. The van der Waals surface area contributed by atoms with E-state index >= 15 is 0 Å². The van der Waals surface area contributed by atoms with Crippen LogP contribution in [0.25, 0.3) is 10.9 Å². The van der Waals surface area contributed by atoms with Gasteiger partial charge in [-0.15, -0.1) is 0 Å². The summed E-state index contributed by atoms with van der Waals surface area (Å²) in [7, 11) is 3.43. The number of fused-ring (bicyclic) bond motifs is 1. The number of anilines is 2. The lowest BCUT2D eigenvalue weighted by Gasteiger charge is -2.17. The molecule has 1 saturated heterocycles.